The molecule has 8 nitrogen and oxygen atoms in total. The van der Waals surface area contributed by atoms with Crippen LogP contribution in [-0.2, 0) is 4.79 Å². The molecule has 1 aliphatic heterocycles. The number of nitrogens with zero attached hydrogens (tertiary/aromatic N) is 3. The van der Waals surface area contributed by atoms with E-state index >= 15 is 0 Å². The fraction of sp³-hybridized carbons (Fsp3) is 0.160. The molecule has 3 aromatic carbocycles. The molecular formula is C25H22N4O4S. The van der Waals surface area contributed by atoms with Gasteiger partial charge in [-0.25, -0.2) is 0 Å². The van der Waals surface area contributed by atoms with E-state index in [0.29, 0.717) is 34.8 Å². The van der Waals surface area contributed by atoms with Crippen LogP contribution >= 0.6 is 11.8 Å². The van der Waals surface area contributed by atoms with Crippen molar-refractivity contribution in [2.45, 2.75) is 12.1 Å². The van der Waals surface area contributed by atoms with Crippen molar-refractivity contribution < 1.29 is 19.0 Å². The lowest BCUT2D eigenvalue weighted by atomic mass is 10.2. The largest absolute Gasteiger partial charge is 0.494 e. The Kier molecular flexibility index (Phi) is 6.35. The van der Waals surface area contributed by atoms with Crippen molar-refractivity contribution in [2.24, 2.45) is 0 Å². The number of ether oxygens (including phenoxy) is 3. The molecule has 0 saturated carbocycles. The highest BCUT2D eigenvalue weighted by atomic mass is 32.2. The van der Waals surface area contributed by atoms with Crippen LogP contribution in [0, 0.1) is 0 Å². The molecule has 1 aromatic heterocycles. The molecule has 1 aliphatic rings. The van der Waals surface area contributed by atoms with Crippen LogP contribution in [0.2, 0.25) is 0 Å². The molecule has 172 valence electrons. The lowest BCUT2D eigenvalue weighted by Gasteiger charge is -2.12. The highest BCUT2D eigenvalue weighted by Gasteiger charge is 2.18. The molecule has 5 rings (SSSR count). The number of carbonyl (C=O) groups is 1. The summed E-state index contributed by atoms with van der Waals surface area (Å²) in [6.07, 6.45) is 0. The van der Waals surface area contributed by atoms with E-state index in [2.05, 4.69) is 15.5 Å². The summed E-state index contributed by atoms with van der Waals surface area (Å²) in [5.74, 6) is 2.78. The number of fused-ring (bicyclic) bond motifs is 1. The van der Waals surface area contributed by atoms with Gasteiger partial charge in [-0.05, 0) is 43.3 Å². The highest BCUT2D eigenvalue weighted by molar-refractivity contribution is 7.99. The van der Waals surface area contributed by atoms with Gasteiger partial charge in [0.25, 0.3) is 0 Å². The molecule has 1 N–H and O–H groups in total. The molecule has 0 unspecified atom stereocenters. The van der Waals surface area contributed by atoms with Gasteiger partial charge in [-0.2, -0.15) is 0 Å². The van der Waals surface area contributed by atoms with Crippen LogP contribution in [0.3, 0.4) is 0 Å². The molecule has 34 heavy (non-hydrogen) atoms. The van der Waals surface area contributed by atoms with Gasteiger partial charge in [-0.3, -0.25) is 9.36 Å². The molecule has 0 bridgehead atoms. The van der Waals surface area contributed by atoms with Gasteiger partial charge in [0.15, 0.2) is 22.5 Å². The Balaban J connectivity index is 1.36. The molecular weight excluding hydrogens is 452 g/mol. The standard InChI is InChI=1S/C25H22N4O4S/c1-2-31-20-11-9-19(10-12-20)29-24(17-6-4-3-5-7-17)27-28-25(29)34-15-23(30)26-18-8-13-21-22(14-18)33-16-32-21/h3-14H,2,15-16H2,1H3,(H,26,30). The maximum atomic E-state index is 12.6. The van der Waals surface area contributed by atoms with Crippen molar-refractivity contribution in [3.8, 4) is 34.3 Å². The summed E-state index contributed by atoms with van der Waals surface area (Å²) in [7, 11) is 0. The lowest BCUT2D eigenvalue weighted by molar-refractivity contribution is -0.113. The number of benzene rings is 3. The monoisotopic (exact) mass is 474 g/mol. The van der Waals surface area contributed by atoms with E-state index < -0.39 is 0 Å². The second kappa shape index (κ2) is 9.88. The van der Waals surface area contributed by atoms with Crippen molar-refractivity contribution in [3.63, 3.8) is 0 Å². The number of carbonyl (C=O) groups excluding carboxylic acids is 1. The number of hydrogen-bond acceptors (Lipinski definition) is 7. The number of aromatic nitrogens is 3. The Morgan fingerprint density at radius 1 is 1.03 bits per heavy atom. The summed E-state index contributed by atoms with van der Waals surface area (Å²) < 4.78 is 18.2. The summed E-state index contributed by atoms with van der Waals surface area (Å²) in [5.41, 5.74) is 2.46. The first kappa shape index (κ1) is 21.8. The zero-order valence-electron chi connectivity index (χ0n) is 18.4. The van der Waals surface area contributed by atoms with E-state index in [1.54, 1.807) is 18.2 Å². The van der Waals surface area contributed by atoms with Crippen molar-refractivity contribution in [1.29, 1.82) is 0 Å². The number of rotatable bonds is 8. The maximum absolute atomic E-state index is 12.6. The van der Waals surface area contributed by atoms with Crippen molar-refractivity contribution in [3.05, 3.63) is 72.8 Å². The van der Waals surface area contributed by atoms with Gasteiger partial charge in [-0.1, -0.05) is 42.1 Å². The van der Waals surface area contributed by atoms with Crippen LogP contribution < -0.4 is 19.5 Å². The molecule has 0 fully saturated rings. The second-order valence-corrected chi connectivity index (χ2v) is 8.28. The van der Waals surface area contributed by atoms with Crippen LogP contribution in [-0.4, -0.2) is 39.8 Å². The smallest absolute Gasteiger partial charge is 0.234 e. The Hall–Kier alpha value is -3.98. The van der Waals surface area contributed by atoms with E-state index in [-0.39, 0.29) is 18.5 Å². The first-order valence-corrected chi connectivity index (χ1v) is 11.8. The van der Waals surface area contributed by atoms with E-state index in [1.165, 1.54) is 11.8 Å². The predicted molar refractivity (Wildman–Crippen MR) is 130 cm³/mol. The van der Waals surface area contributed by atoms with Gasteiger partial charge in [0.2, 0.25) is 12.7 Å². The average Bonchev–Trinajstić information content (AvgIpc) is 3.51. The SMILES string of the molecule is CCOc1ccc(-n2c(SCC(=O)Nc3ccc4c(c3)OCO4)nnc2-c2ccccc2)cc1. The molecule has 0 atom stereocenters. The van der Waals surface area contributed by atoms with Crippen LogP contribution in [0.1, 0.15) is 6.92 Å². The Labute approximate surface area is 200 Å². The number of hydrogen-bond donors (Lipinski definition) is 1. The predicted octanol–water partition coefficient (Wildman–Crippen LogP) is 4.79. The summed E-state index contributed by atoms with van der Waals surface area (Å²) in [6, 6.07) is 22.9. The third-order valence-electron chi connectivity index (χ3n) is 5.06. The zero-order chi connectivity index (χ0) is 23.3. The highest BCUT2D eigenvalue weighted by Crippen LogP contribution is 2.34. The number of thioether (sulfide) groups is 1. The summed E-state index contributed by atoms with van der Waals surface area (Å²) in [6.45, 7) is 2.74. The second-order valence-electron chi connectivity index (χ2n) is 7.34. The Morgan fingerprint density at radius 3 is 2.62 bits per heavy atom. The summed E-state index contributed by atoms with van der Waals surface area (Å²) >= 11 is 1.31. The third kappa shape index (κ3) is 4.69. The van der Waals surface area contributed by atoms with Gasteiger partial charge in [0, 0.05) is 23.0 Å². The average molecular weight is 475 g/mol. The van der Waals surface area contributed by atoms with Gasteiger partial charge in [0.05, 0.1) is 12.4 Å². The summed E-state index contributed by atoms with van der Waals surface area (Å²) in [5, 5.41) is 12.3. The van der Waals surface area contributed by atoms with Gasteiger partial charge < -0.3 is 19.5 Å². The maximum Gasteiger partial charge on any atom is 0.234 e. The van der Waals surface area contributed by atoms with E-state index in [1.807, 2.05) is 66.1 Å². The summed E-state index contributed by atoms with van der Waals surface area (Å²) in [4.78, 5) is 12.6. The Bertz CT molecular complexity index is 1290. The number of anilines is 1. The fourth-order valence-corrected chi connectivity index (χ4v) is 4.28. The quantitative estimate of drug-likeness (QED) is 0.367. The number of nitrogens with one attached hydrogen (secondary N) is 1. The minimum Gasteiger partial charge on any atom is -0.494 e. The zero-order valence-corrected chi connectivity index (χ0v) is 19.2. The van der Waals surface area contributed by atoms with Crippen molar-refractivity contribution in [2.75, 3.05) is 24.5 Å². The molecule has 0 aliphatic carbocycles. The van der Waals surface area contributed by atoms with E-state index in [0.717, 1.165) is 17.0 Å². The van der Waals surface area contributed by atoms with Crippen LogP contribution in [0.4, 0.5) is 5.69 Å². The molecule has 4 aromatic rings. The van der Waals surface area contributed by atoms with Gasteiger partial charge >= 0.3 is 0 Å². The van der Waals surface area contributed by atoms with E-state index in [9.17, 15) is 4.79 Å². The third-order valence-corrected chi connectivity index (χ3v) is 5.99. The van der Waals surface area contributed by atoms with Crippen LogP contribution in [0.25, 0.3) is 17.1 Å². The fourth-order valence-electron chi connectivity index (χ4n) is 3.53. The molecule has 0 saturated heterocycles. The molecule has 1 amide bonds. The minimum absolute atomic E-state index is 0.161. The van der Waals surface area contributed by atoms with Gasteiger partial charge in [0.1, 0.15) is 5.75 Å². The molecule has 2 heterocycles. The minimum atomic E-state index is -0.161. The van der Waals surface area contributed by atoms with E-state index in [4.69, 9.17) is 14.2 Å². The molecule has 0 radical (unpaired) electrons. The van der Waals surface area contributed by atoms with Crippen molar-refractivity contribution in [1.82, 2.24) is 14.8 Å². The lowest BCUT2D eigenvalue weighted by Crippen LogP contribution is -2.14. The van der Waals surface area contributed by atoms with Crippen LogP contribution in [0.15, 0.2) is 78.0 Å². The van der Waals surface area contributed by atoms with Crippen molar-refractivity contribution >= 4 is 23.4 Å². The number of amides is 1. The van der Waals surface area contributed by atoms with Crippen LogP contribution in [0.5, 0.6) is 17.2 Å². The topological polar surface area (TPSA) is 87.5 Å². The first-order chi connectivity index (χ1) is 16.7. The normalized spacial score (nSPS) is 11.9. The molecule has 9 heteroatoms. The Morgan fingerprint density at radius 2 is 1.82 bits per heavy atom. The van der Waals surface area contributed by atoms with Gasteiger partial charge in [-0.15, -0.1) is 10.2 Å². The first-order valence-electron chi connectivity index (χ1n) is 10.8. The molecule has 0 spiro atoms.